The van der Waals surface area contributed by atoms with Crippen molar-refractivity contribution >= 4 is 0 Å². The molecule has 3 rings (SSSR count). The summed E-state index contributed by atoms with van der Waals surface area (Å²) < 4.78 is 32.9. The first kappa shape index (κ1) is 13.0. The van der Waals surface area contributed by atoms with Gasteiger partial charge in [-0.15, -0.1) is 0 Å². The van der Waals surface area contributed by atoms with Crippen molar-refractivity contribution in [1.29, 1.82) is 0 Å². The van der Waals surface area contributed by atoms with E-state index in [0.29, 0.717) is 18.2 Å². The summed E-state index contributed by atoms with van der Waals surface area (Å²) in [5.74, 6) is -1.34. The minimum Gasteiger partial charge on any atom is -0.433 e. The number of rotatable bonds is 5. The smallest absolute Gasteiger partial charge is 0.256 e. The summed E-state index contributed by atoms with van der Waals surface area (Å²) in [6, 6.07) is 7.94. The highest BCUT2D eigenvalue weighted by Gasteiger charge is 2.21. The minimum atomic E-state index is -0.552. The van der Waals surface area contributed by atoms with Gasteiger partial charge in [-0.3, -0.25) is 0 Å². The Morgan fingerprint density at radius 3 is 2.75 bits per heavy atom. The van der Waals surface area contributed by atoms with Gasteiger partial charge in [0.25, 0.3) is 5.88 Å². The molecule has 0 aliphatic heterocycles. The molecule has 1 N–H and O–H groups in total. The van der Waals surface area contributed by atoms with Gasteiger partial charge in [0.15, 0.2) is 17.4 Å². The quantitative estimate of drug-likeness (QED) is 0.908. The number of pyridine rings is 1. The van der Waals surface area contributed by atoms with Gasteiger partial charge in [-0.25, -0.2) is 13.8 Å². The first-order valence-corrected chi connectivity index (χ1v) is 6.53. The van der Waals surface area contributed by atoms with Crippen molar-refractivity contribution in [2.45, 2.75) is 25.4 Å². The Labute approximate surface area is 115 Å². The van der Waals surface area contributed by atoms with Crippen LogP contribution in [0.4, 0.5) is 8.78 Å². The van der Waals surface area contributed by atoms with E-state index in [9.17, 15) is 8.78 Å². The van der Waals surface area contributed by atoms with Crippen LogP contribution in [0, 0.1) is 11.6 Å². The molecule has 5 heteroatoms. The number of nitrogens with one attached hydrogen (secondary N) is 1. The average Bonchev–Trinajstić information content (AvgIpc) is 3.26. The predicted molar refractivity (Wildman–Crippen MR) is 70.5 cm³/mol. The van der Waals surface area contributed by atoms with Gasteiger partial charge in [-0.1, -0.05) is 12.1 Å². The second kappa shape index (κ2) is 5.54. The van der Waals surface area contributed by atoms with E-state index in [4.69, 9.17) is 4.74 Å². The molecule has 0 radical (unpaired) electrons. The highest BCUT2D eigenvalue weighted by molar-refractivity contribution is 5.31. The van der Waals surface area contributed by atoms with Crippen molar-refractivity contribution < 1.29 is 13.5 Å². The number of para-hydroxylation sites is 1. The largest absolute Gasteiger partial charge is 0.433 e. The summed E-state index contributed by atoms with van der Waals surface area (Å²) in [6.45, 7) is 0.423. The maximum Gasteiger partial charge on any atom is 0.256 e. The lowest BCUT2D eigenvalue weighted by Gasteiger charge is -2.09. The minimum absolute atomic E-state index is 0.0359. The molecule has 1 aromatic carbocycles. The third-order valence-electron chi connectivity index (χ3n) is 3.14. The molecule has 0 atom stereocenters. The summed E-state index contributed by atoms with van der Waals surface area (Å²) in [6.07, 6.45) is 3.72. The number of aromatic nitrogens is 1. The van der Waals surface area contributed by atoms with E-state index < -0.39 is 11.6 Å². The van der Waals surface area contributed by atoms with Gasteiger partial charge < -0.3 is 10.1 Å². The van der Waals surface area contributed by atoms with Crippen LogP contribution in [-0.2, 0) is 6.54 Å². The van der Waals surface area contributed by atoms with E-state index in [1.807, 2.05) is 0 Å². The number of hydrogen-bond donors (Lipinski definition) is 1. The van der Waals surface area contributed by atoms with E-state index in [2.05, 4.69) is 10.3 Å². The Morgan fingerprint density at radius 2 is 2.00 bits per heavy atom. The highest BCUT2D eigenvalue weighted by Crippen LogP contribution is 2.26. The van der Waals surface area contributed by atoms with Crippen molar-refractivity contribution in [3.8, 4) is 11.6 Å². The number of benzene rings is 1. The second-order valence-corrected chi connectivity index (χ2v) is 4.78. The molecular weight excluding hydrogens is 262 g/mol. The molecule has 2 aromatic rings. The van der Waals surface area contributed by atoms with Crippen molar-refractivity contribution in [2.24, 2.45) is 0 Å². The number of nitrogens with zero attached hydrogens (tertiary/aromatic N) is 1. The second-order valence-electron chi connectivity index (χ2n) is 4.78. The topological polar surface area (TPSA) is 34.1 Å². The van der Waals surface area contributed by atoms with E-state index in [-0.39, 0.29) is 11.6 Å². The molecule has 0 saturated heterocycles. The normalized spacial score (nSPS) is 14.3. The fourth-order valence-corrected chi connectivity index (χ4v) is 1.84. The molecule has 0 unspecified atom stereocenters. The lowest BCUT2D eigenvalue weighted by molar-refractivity contribution is 0.394. The van der Waals surface area contributed by atoms with Gasteiger partial charge >= 0.3 is 0 Å². The fraction of sp³-hybridized carbons (Fsp3) is 0.267. The van der Waals surface area contributed by atoms with Crippen molar-refractivity contribution in [2.75, 3.05) is 0 Å². The Kier molecular flexibility index (Phi) is 3.60. The van der Waals surface area contributed by atoms with Crippen LogP contribution in [0.2, 0.25) is 0 Å². The number of halogens is 2. The lowest BCUT2D eigenvalue weighted by Crippen LogP contribution is -2.16. The maximum atomic E-state index is 14.2. The van der Waals surface area contributed by atoms with Gasteiger partial charge in [0, 0.05) is 24.3 Å². The third kappa shape index (κ3) is 2.93. The van der Waals surface area contributed by atoms with Gasteiger partial charge in [-0.2, -0.15) is 0 Å². The standard InChI is InChI=1S/C15H14F2N2O/c16-12-3-1-2-4-13(12)20-15-14(17)10(7-8-18-15)9-19-11-5-6-11/h1-4,7-8,11,19H,5-6,9H2. The summed E-state index contributed by atoms with van der Waals surface area (Å²) >= 11 is 0. The van der Waals surface area contributed by atoms with Crippen LogP contribution in [0.3, 0.4) is 0 Å². The summed E-state index contributed by atoms with van der Waals surface area (Å²) in [4.78, 5) is 3.83. The molecule has 1 aliphatic carbocycles. The molecule has 1 fully saturated rings. The summed E-state index contributed by atoms with van der Waals surface area (Å²) in [7, 11) is 0. The molecule has 0 spiro atoms. The van der Waals surface area contributed by atoms with E-state index in [1.165, 1.54) is 18.3 Å². The zero-order valence-corrected chi connectivity index (χ0v) is 10.8. The van der Waals surface area contributed by atoms with Crippen LogP contribution >= 0.6 is 0 Å². The molecule has 104 valence electrons. The van der Waals surface area contributed by atoms with E-state index in [0.717, 1.165) is 12.8 Å². The van der Waals surface area contributed by atoms with Gasteiger partial charge in [0.05, 0.1) is 0 Å². The van der Waals surface area contributed by atoms with Crippen LogP contribution in [0.1, 0.15) is 18.4 Å². The first-order chi connectivity index (χ1) is 9.74. The van der Waals surface area contributed by atoms with Crippen LogP contribution < -0.4 is 10.1 Å². The van der Waals surface area contributed by atoms with Crippen LogP contribution in [0.25, 0.3) is 0 Å². The maximum absolute atomic E-state index is 14.2. The average molecular weight is 276 g/mol. The van der Waals surface area contributed by atoms with Crippen LogP contribution in [-0.4, -0.2) is 11.0 Å². The first-order valence-electron chi connectivity index (χ1n) is 6.53. The fourth-order valence-electron chi connectivity index (χ4n) is 1.84. The third-order valence-corrected chi connectivity index (χ3v) is 3.14. The molecular formula is C15H14F2N2O. The van der Waals surface area contributed by atoms with Gasteiger partial charge in [-0.05, 0) is 31.0 Å². The molecule has 3 nitrogen and oxygen atoms in total. The monoisotopic (exact) mass is 276 g/mol. The lowest BCUT2D eigenvalue weighted by atomic mass is 10.2. The van der Waals surface area contributed by atoms with Crippen molar-refractivity contribution in [3.63, 3.8) is 0 Å². The van der Waals surface area contributed by atoms with Crippen molar-refractivity contribution in [1.82, 2.24) is 10.3 Å². The molecule has 0 bridgehead atoms. The summed E-state index contributed by atoms with van der Waals surface area (Å²) in [5.41, 5.74) is 0.471. The number of ether oxygens (including phenoxy) is 1. The molecule has 20 heavy (non-hydrogen) atoms. The SMILES string of the molecule is Fc1ccccc1Oc1nccc(CNC2CC2)c1F. The molecule has 0 amide bonds. The van der Waals surface area contributed by atoms with Gasteiger partial charge in [0.1, 0.15) is 0 Å². The Hall–Kier alpha value is -2.01. The van der Waals surface area contributed by atoms with Crippen LogP contribution in [0.5, 0.6) is 11.6 Å². The van der Waals surface area contributed by atoms with E-state index >= 15 is 0 Å². The Balaban J connectivity index is 1.78. The Bertz CT molecular complexity index is 615. The molecule has 1 heterocycles. The van der Waals surface area contributed by atoms with Crippen LogP contribution in [0.15, 0.2) is 36.5 Å². The Morgan fingerprint density at radius 1 is 1.20 bits per heavy atom. The van der Waals surface area contributed by atoms with E-state index in [1.54, 1.807) is 18.2 Å². The molecule has 1 aromatic heterocycles. The molecule has 1 saturated carbocycles. The zero-order valence-electron chi connectivity index (χ0n) is 10.8. The molecule has 1 aliphatic rings. The summed E-state index contributed by atoms with van der Waals surface area (Å²) in [5, 5.41) is 3.22. The highest BCUT2D eigenvalue weighted by atomic mass is 19.1. The zero-order chi connectivity index (χ0) is 13.9. The van der Waals surface area contributed by atoms with Gasteiger partial charge in [0.2, 0.25) is 0 Å². The van der Waals surface area contributed by atoms with Crippen molar-refractivity contribution in [3.05, 3.63) is 53.7 Å². The predicted octanol–water partition coefficient (Wildman–Crippen LogP) is 3.40. The number of hydrogen-bond acceptors (Lipinski definition) is 3.